The van der Waals surface area contributed by atoms with Gasteiger partial charge in [0.1, 0.15) is 0 Å². The van der Waals surface area contributed by atoms with Crippen LogP contribution in [-0.2, 0) is 25.0 Å². The van der Waals surface area contributed by atoms with E-state index in [2.05, 4.69) is 4.72 Å². The molecule has 0 atom stereocenters. The Morgan fingerprint density at radius 3 is 2.22 bits per heavy atom. The van der Waals surface area contributed by atoms with Crippen molar-refractivity contribution in [2.45, 2.75) is 23.2 Å². The van der Waals surface area contributed by atoms with Gasteiger partial charge in [-0.25, -0.2) is 13.1 Å². The molecule has 1 N–H and O–H groups in total. The van der Waals surface area contributed by atoms with Crippen molar-refractivity contribution in [1.82, 2.24) is 4.72 Å². The van der Waals surface area contributed by atoms with Crippen molar-refractivity contribution in [3.05, 3.63) is 29.8 Å². The van der Waals surface area contributed by atoms with Crippen LogP contribution in [0.1, 0.15) is 18.4 Å². The second-order valence-electron chi connectivity index (χ2n) is 4.31. The molecule has 1 aliphatic rings. The SMILES string of the molecule is CNS(=O)(=O)c1ccc(C2(C(=O)OC)CC2)cc1. The molecule has 0 radical (unpaired) electrons. The van der Waals surface area contributed by atoms with Crippen molar-refractivity contribution in [2.24, 2.45) is 0 Å². The van der Waals surface area contributed by atoms with Gasteiger partial charge in [-0.15, -0.1) is 0 Å². The second kappa shape index (κ2) is 4.37. The summed E-state index contributed by atoms with van der Waals surface area (Å²) < 4.78 is 30.2. The third-order valence-corrected chi connectivity index (χ3v) is 4.74. The highest BCUT2D eigenvalue weighted by Crippen LogP contribution is 2.49. The lowest BCUT2D eigenvalue weighted by Gasteiger charge is -2.13. The summed E-state index contributed by atoms with van der Waals surface area (Å²) in [7, 11) is -0.708. The maximum Gasteiger partial charge on any atom is 0.316 e. The van der Waals surface area contributed by atoms with Gasteiger partial charge < -0.3 is 4.74 Å². The molecule has 0 amide bonds. The molecule has 1 saturated carbocycles. The van der Waals surface area contributed by atoms with Crippen LogP contribution in [0.25, 0.3) is 0 Å². The Labute approximate surface area is 106 Å². The van der Waals surface area contributed by atoms with E-state index in [0.29, 0.717) is 0 Å². The minimum atomic E-state index is -3.43. The third-order valence-electron chi connectivity index (χ3n) is 3.31. The molecule has 0 saturated heterocycles. The van der Waals surface area contributed by atoms with E-state index in [-0.39, 0.29) is 10.9 Å². The molecule has 0 unspecified atom stereocenters. The molecule has 0 spiro atoms. The van der Waals surface area contributed by atoms with Crippen molar-refractivity contribution in [2.75, 3.05) is 14.2 Å². The van der Waals surface area contributed by atoms with E-state index < -0.39 is 15.4 Å². The number of sulfonamides is 1. The summed E-state index contributed by atoms with van der Waals surface area (Å²) >= 11 is 0. The topological polar surface area (TPSA) is 72.5 Å². The Morgan fingerprint density at radius 2 is 1.83 bits per heavy atom. The summed E-state index contributed by atoms with van der Waals surface area (Å²) in [6.45, 7) is 0. The van der Waals surface area contributed by atoms with Crippen LogP contribution in [-0.4, -0.2) is 28.5 Å². The lowest BCUT2D eigenvalue weighted by atomic mass is 9.96. The van der Waals surface area contributed by atoms with E-state index in [1.165, 1.54) is 26.3 Å². The van der Waals surface area contributed by atoms with Crippen LogP contribution in [0, 0.1) is 0 Å². The fraction of sp³-hybridized carbons (Fsp3) is 0.417. The zero-order chi connectivity index (χ0) is 13.4. The molecular weight excluding hydrogens is 254 g/mol. The van der Waals surface area contributed by atoms with Crippen LogP contribution in [0.3, 0.4) is 0 Å². The Hall–Kier alpha value is -1.40. The predicted molar refractivity (Wildman–Crippen MR) is 65.6 cm³/mol. The number of esters is 1. The molecule has 0 bridgehead atoms. The molecule has 5 nitrogen and oxygen atoms in total. The monoisotopic (exact) mass is 269 g/mol. The third kappa shape index (κ3) is 2.02. The largest absolute Gasteiger partial charge is 0.468 e. The first-order chi connectivity index (χ1) is 8.46. The Kier molecular flexibility index (Phi) is 3.16. The first-order valence-corrected chi connectivity index (χ1v) is 7.07. The quantitative estimate of drug-likeness (QED) is 0.821. The zero-order valence-electron chi connectivity index (χ0n) is 10.3. The second-order valence-corrected chi connectivity index (χ2v) is 6.19. The minimum Gasteiger partial charge on any atom is -0.468 e. The van der Waals surface area contributed by atoms with Crippen LogP contribution >= 0.6 is 0 Å². The van der Waals surface area contributed by atoms with Crippen LogP contribution in [0.4, 0.5) is 0 Å². The summed E-state index contributed by atoms with van der Waals surface area (Å²) in [5, 5.41) is 0. The van der Waals surface area contributed by atoms with Gasteiger partial charge in [0.05, 0.1) is 17.4 Å². The lowest BCUT2D eigenvalue weighted by Crippen LogP contribution is -2.22. The molecule has 98 valence electrons. The number of carbonyl (C=O) groups is 1. The molecule has 1 aromatic rings. The number of methoxy groups -OCH3 is 1. The highest BCUT2D eigenvalue weighted by Gasteiger charge is 2.52. The van der Waals surface area contributed by atoms with Crippen LogP contribution in [0.2, 0.25) is 0 Å². The number of benzene rings is 1. The maximum atomic E-state index is 11.7. The normalized spacial score (nSPS) is 17.2. The number of ether oxygens (including phenoxy) is 1. The van der Waals surface area contributed by atoms with Gasteiger partial charge in [0, 0.05) is 0 Å². The molecule has 0 aromatic heterocycles. The number of carbonyl (C=O) groups excluding carboxylic acids is 1. The molecule has 18 heavy (non-hydrogen) atoms. The minimum absolute atomic E-state index is 0.189. The Bertz CT molecular complexity index is 558. The lowest BCUT2D eigenvalue weighted by molar-refractivity contribution is -0.143. The smallest absolute Gasteiger partial charge is 0.316 e. The molecule has 6 heteroatoms. The van der Waals surface area contributed by atoms with Gasteiger partial charge in [-0.3, -0.25) is 4.79 Å². The van der Waals surface area contributed by atoms with Gasteiger partial charge in [0.25, 0.3) is 0 Å². The Morgan fingerprint density at radius 1 is 1.28 bits per heavy atom. The summed E-state index contributed by atoms with van der Waals surface area (Å²) in [5.74, 6) is -0.258. The van der Waals surface area contributed by atoms with Gasteiger partial charge >= 0.3 is 5.97 Å². The van der Waals surface area contributed by atoms with Gasteiger partial charge in [0.2, 0.25) is 10.0 Å². The van der Waals surface area contributed by atoms with Crippen LogP contribution in [0.5, 0.6) is 0 Å². The van der Waals surface area contributed by atoms with Crippen molar-refractivity contribution in [3.63, 3.8) is 0 Å². The molecule has 0 heterocycles. The van der Waals surface area contributed by atoms with E-state index in [9.17, 15) is 13.2 Å². The molecule has 2 rings (SSSR count). The highest BCUT2D eigenvalue weighted by molar-refractivity contribution is 7.89. The number of nitrogens with one attached hydrogen (secondary N) is 1. The summed E-state index contributed by atoms with van der Waals surface area (Å²) in [4.78, 5) is 11.9. The van der Waals surface area contributed by atoms with Crippen LogP contribution < -0.4 is 4.72 Å². The van der Waals surface area contributed by atoms with Gasteiger partial charge in [-0.1, -0.05) is 12.1 Å². The Balaban J connectivity index is 2.32. The van der Waals surface area contributed by atoms with Crippen molar-refractivity contribution < 1.29 is 17.9 Å². The zero-order valence-corrected chi connectivity index (χ0v) is 11.1. The predicted octanol–water partition coefficient (Wildman–Crippen LogP) is 0.799. The van der Waals surface area contributed by atoms with E-state index in [0.717, 1.165) is 18.4 Å². The standard InChI is InChI=1S/C12H15NO4S/c1-13-18(15,16)10-5-3-9(4-6-10)12(7-8-12)11(14)17-2/h3-6,13H,7-8H2,1-2H3. The highest BCUT2D eigenvalue weighted by atomic mass is 32.2. The fourth-order valence-corrected chi connectivity index (χ4v) is 2.73. The molecule has 0 aliphatic heterocycles. The molecule has 1 aromatic carbocycles. The molecular formula is C12H15NO4S. The molecule has 1 fully saturated rings. The van der Waals surface area contributed by atoms with Crippen molar-refractivity contribution in [3.8, 4) is 0 Å². The number of rotatable bonds is 4. The average Bonchev–Trinajstić information content (AvgIpc) is 3.19. The summed E-state index contributed by atoms with van der Waals surface area (Å²) in [6.07, 6.45) is 1.50. The average molecular weight is 269 g/mol. The van der Waals surface area contributed by atoms with Crippen molar-refractivity contribution >= 4 is 16.0 Å². The van der Waals surface area contributed by atoms with E-state index in [1.807, 2.05) is 0 Å². The fourth-order valence-electron chi connectivity index (χ4n) is 2.00. The van der Waals surface area contributed by atoms with Gasteiger partial charge in [0.15, 0.2) is 0 Å². The molecule has 1 aliphatic carbocycles. The van der Waals surface area contributed by atoms with Crippen LogP contribution in [0.15, 0.2) is 29.2 Å². The van der Waals surface area contributed by atoms with E-state index in [1.54, 1.807) is 12.1 Å². The number of hydrogen-bond donors (Lipinski definition) is 1. The summed E-state index contributed by atoms with van der Waals surface area (Å²) in [6, 6.07) is 6.36. The number of hydrogen-bond acceptors (Lipinski definition) is 4. The van der Waals surface area contributed by atoms with E-state index in [4.69, 9.17) is 4.74 Å². The van der Waals surface area contributed by atoms with Gasteiger partial charge in [-0.05, 0) is 37.6 Å². The van der Waals surface area contributed by atoms with Crippen molar-refractivity contribution in [1.29, 1.82) is 0 Å². The first-order valence-electron chi connectivity index (χ1n) is 5.59. The van der Waals surface area contributed by atoms with Gasteiger partial charge in [-0.2, -0.15) is 0 Å². The summed E-state index contributed by atoms with van der Waals surface area (Å²) in [5.41, 5.74) is 0.251. The van der Waals surface area contributed by atoms with E-state index >= 15 is 0 Å². The maximum absolute atomic E-state index is 11.7. The first kappa shape index (κ1) is 13.0.